The average Bonchev–Trinajstić information content (AvgIpc) is 2.76. The van der Waals surface area contributed by atoms with Crippen LogP contribution >= 0.6 is 0 Å². The Morgan fingerprint density at radius 1 is 0.885 bits per heavy atom. The van der Waals surface area contributed by atoms with Crippen molar-refractivity contribution >= 4 is 23.7 Å². The molecule has 1 aliphatic rings. The van der Waals surface area contributed by atoms with E-state index in [1.54, 1.807) is 30.6 Å². The number of rotatable bonds is 6. The van der Waals surface area contributed by atoms with Crippen LogP contribution in [0.2, 0.25) is 0 Å². The third kappa shape index (κ3) is 8.82. The summed E-state index contributed by atoms with van der Waals surface area (Å²) in [5.41, 5.74) is -0.572. The van der Waals surface area contributed by atoms with Gasteiger partial charge in [0.2, 0.25) is 11.8 Å². The molecule has 148 valence electrons. The summed E-state index contributed by atoms with van der Waals surface area (Å²) in [6.45, 7) is 9.14. The molecule has 0 aromatic rings. The number of ether oxygens (including phenoxy) is 1. The molecular weight excluding hydrogens is 338 g/mol. The van der Waals surface area contributed by atoms with E-state index in [-0.39, 0.29) is 43.4 Å². The number of ketones is 1. The molecular formula is C18H31N3O5. The molecule has 1 heterocycles. The largest absolute Gasteiger partial charge is 0.444 e. The van der Waals surface area contributed by atoms with Gasteiger partial charge in [-0.1, -0.05) is 0 Å². The molecule has 0 bridgehead atoms. The summed E-state index contributed by atoms with van der Waals surface area (Å²) < 4.78 is 5.12. The van der Waals surface area contributed by atoms with Crippen LogP contribution in [0.15, 0.2) is 0 Å². The third-order valence-corrected chi connectivity index (χ3v) is 3.90. The highest BCUT2D eigenvalue weighted by atomic mass is 16.6. The van der Waals surface area contributed by atoms with Crippen molar-refractivity contribution in [2.24, 2.45) is 0 Å². The Morgan fingerprint density at radius 3 is 1.92 bits per heavy atom. The van der Waals surface area contributed by atoms with Crippen LogP contribution in [0.1, 0.15) is 53.4 Å². The van der Waals surface area contributed by atoms with Crippen LogP contribution in [0.25, 0.3) is 0 Å². The van der Waals surface area contributed by atoms with E-state index in [0.717, 1.165) is 0 Å². The van der Waals surface area contributed by atoms with Crippen LogP contribution in [0.5, 0.6) is 0 Å². The van der Waals surface area contributed by atoms with Gasteiger partial charge in [0.15, 0.2) is 0 Å². The number of carbonyl (C=O) groups excluding carboxylic acids is 4. The number of hydrogen-bond donors (Lipinski definition) is 1. The molecule has 1 saturated heterocycles. The molecule has 1 rings (SSSR count). The summed E-state index contributed by atoms with van der Waals surface area (Å²) in [6, 6.07) is 0. The second-order valence-electron chi connectivity index (χ2n) is 7.50. The zero-order valence-electron chi connectivity index (χ0n) is 16.3. The molecule has 0 aliphatic carbocycles. The fourth-order valence-corrected chi connectivity index (χ4v) is 2.60. The van der Waals surface area contributed by atoms with Gasteiger partial charge in [-0.05, 0) is 34.1 Å². The predicted octanol–water partition coefficient (Wildman–Crippen LogP) is 1.33. The molecule has 1 aliphatic heterocycles. The number of hydrogen-bond acceptors (Lipinski definition) is 5. The Kier molecular flexibility index (Phi) is 8.54. The third-order valence-electron chi connectivity index (χ3n) is 3.90. The molecule has 0 unspecified atom stereocenters. The standard InChI is InChI=1S/C18H31N3O5/c1-14(22)6-7-15(23)20-10-5-11-21(13-12-20)16(24)8-9-19-17(25)26-18(2,3)4/h5-13H2,1-4H3,(H,19,25). The Hall–Kier alpha value is -2.12. The zero-order valence-corrected chi connectivity index (χ0v) is 16.3. The molecule has 8 heteroatoms. The topological polar surface area (TPSA) is 96.0 Å². The SMILES string of the molecule is CC(=O)CCC(=O)N1CCCN(C(=O)CCNC(=O)OC(C)(C)C)CC1. The zero-order chi connectivity index (χ0) is 19.7. The number of amides is 3. The van der Waals surface area contributed by atoms with Crippen molar-refractivity contribution in [1.29, 1.82) is 0 Å². The highest BCUT2D eigenvalue weighted by Gasteiger charge is 2.22. The lowest BCUT2D eigenvalue weighted by Gasteiger charge is -2.23. The van der Waals surface area contributed by atoms with Gasteiger partial charge in [0.05, 0.1) is 0 Å². The van der Waals surface area contributed by atoms with E-state index in [1.165, 1.54) is 6.92 Å². The van der Waals surface area contributed by atoms with Gasteiger partial charge in [0.1, 0.15) is 11.4 Å². The van der Waals surface area contributed by atoms with Crippen LogP contribution < -0.4 is 5.32 Å². The van der Waals surface area contributed by atoms with Gasteiger partial charge in [-0.15, -0.1) is 0 Å². The van der Waals surface area contributed by atoms with E-state index in [9.17, 15) is 19.2 Å². The number of nitrogens with one attached hydrogen (secondary N) is 1. The number of carbonyl (C=O) groups is 4. The van der Waals surface area contributed by atoms with Crippen LogP contribution in [0, 0.1) is 0 Å². The molecule has 1 fully saturated rings. The quantitative estimate of drug-likeness (QED) is 0.762. The first-order valence-corrected chi connectivity index (χ1v) is 9.10. The Bertz CT molecular complexity index is 527. The minimum absolute atomic E-state index is 0.00228. The average molecular weight is 369 g/mol. The van der Waals surface area contributed by atoms with E-state index in [0.29, 0.717) is 32.6 Å². The van der Waals surface area contributed by atoms with E-state index in [4.69, 9.17) is 4.74 Å². The van der Waals surface area contributed by atoms with Crippen LogP contribution in [-0.2, 0) is 19.1 Å². The number of Topliss-reactive ketones (excluding diaryl/α,β-unsaturated/α-hetero) is 1. The number of nitrogens with zero attached hydrogens (tertiary/aromatic N) is 2. The normalized spacial score (nSPS) is 15.2. The number of alkyl carbamates (subject to hydrolysis) is 1. The maximum Gasteiger partial charge on any atom is 0.407 e. The lowest BCUT2D eigenvalue weighted by molar-refractivity contribution is -0.134. The Labute approximate surface area is 155 Å². The van der Waals surface area contributed by atoms with Crippen molar-refractivity contribution in [1.82, 2.24) is 15.1 Å². The summed E-state index contributed by atoms with van der Waals surface area (Å²) in [7, 11) is 0. The predicted molar refractivity (Wildman–Crippen MR) is 96.5 cm³/mol. The van der Waals surface area contributed by atoms with Crippen LogP contribution in [0.3, 0.4) is 0 Å². The summed E-state index contributed by atoms with van der Waals surface area (Å²) in [4.78, 5) is 50.4. The van der Waals surface area contributed by atoms with E-state index in [1.807, 2.05) is 0 Å². The second kappa shape index (κ2) is 10.1. The van der Waals surface area contributed by atoms with Gasteiger partial charge in [-0.25, -0.2) is 4.79 Å². The fourth-order valence-electron chi connectivity index (χ4n) is 2.60. The summed E-state index contributed by atoms with van der Waals surface area (Å²) in [6.07, 6.45) is 0.842. The minimum atomic E-state index is -0.572. The van der Waals surface area contributed by atoms with E-state index >= 15 is 0 Å². The van der Waals surface area contributed by atoms with Gasteiger partial charge in [0, 0.05) is 52.0 Å². The van der Waals surface area contributed by atoms with Crippen molar-refractivity contribution in [3.63, 3.8) is 0 Å². The van der Waals surface area contributed by atoms with Crippen molar-refractivity contribution in [2.75, 3.05) is 32.7 Å². The molecule has 0 aromatic carbocycles. The molecule has 0 atom stereocenters. The molecule has 0 radical (unpaired) electrons. The first-order chi connectivity index (χ1) is 12.1. The molecule has 1 N–H and O–H groups in total. The van der Waals surface area contributed by atoms with Crippen molar-refractivity contribution in [2.45, 2.75) is 59.0 Å². The van der Waals surface area contributed by atoms with Gasteiger partial charge in [-0.3, -0.25) is 9.59 Å². The maximum absolute atomic E-state index is 12.3. The van der Waals surface area contributed by atoms with Crippen molar-refractivity contribution in [3.8, 4) is 0 Å². The Morgan fingerprint density at radius 2 is 1.42 bits per heavy atom. The maximum atomic E-state index is 12.3. The first-order valence-electron chi connectivity index (χ1n) is 9.10. The highest BCUT2D eigenvalue weighted by molar-refractivity contribution is 5.83. The van der Waals surface area contributed by atoms with E-state index < -0.39 is 11.7 Å². The van der Waals surface area contributed by atoms with Crippen LogP contribution in [-0.4, -0.2) is 71.8 Å². The summed E-state index contributed by atoms with van der Waals surface area (Å²) in [5, 5.41) is 2.57. The van der Waals surface area contributed by atoms with Crippen molar-refractivity contribution < 1.29 is 23.9 Å². The lowest BCUT2D eigenvalue weighted by Crippen LogP contribution is -2.39. The molecule has 8 nitrogen and oxygen atoms in total. The smallest absolute Gasteiger partial charge is 0.407 e. The van der Waals surface area contributed by atoms with Gasteiger partial charge >= 0.3 is 6.09 Å². The second-order valence-corrected chi connectivity index (χ2v) is 7.50. The highest BCUT2D eigenvalue weighted by Crippen LogP contribution is 2.08. The van der Waals surface area contributed by atoms with Gasteiger partial charge < -0.3 is 24.6 Å². The fraction of sp³-hybridized carbons (Fsp3) is 0.778. The summed E-state index contributed by atoms with van der Waals surface area (Å²) >= 11 is 0. The Balaban J connectivity index is 2.34. The molecule has 0 aromatic heterocycles. The van der Waals surface area contributed by atoms with Crippen LogP contribution in [0.4, 0.5) is 4.79 Å². The molecule has 0 spiro atoms. The molecule has 26 heavy (non-hydrogen) atoms. The lowest BCUT2D eigenvalue weighted by atomic mass is 10.2. The molecule has 0 saturated carbocycles. The molecule has 3 amide bonds. The first kappa shape index (κ1) is 21.9. The monoisotopic (exact) mass is 369 g/mol. The van der Waals surface area contributed by atoms with Crippen molar-refractivity contribution in [3.05, 3.63) is 0 Å². The minimum Gasteiger partial charge on any atom is -0.444 e. The van der Waals surface area contributed by atoms with Gasteiger partial charge in [0.25, 0.3) is 0 Å². The van der Waals surface area contributed by atoms with Gasteiger partial charge in [-0.2, -0.15) is 0 Å². The van der Waals surface area contributed by atoms with E-state index in [2.05, 4.69) is 5.32 Å². The summed E-state index contributed by atoms with van der Waals surface area (Å²) in [5.74, 6) is -0.0948.